The van der Waals surface area contributed by atoms with Crippen molar-refractivity contribution in [3.05, 3.63) is 28.8 Å². The number of ether oxygens (including phenoxy) is 1. The van der Waals surface area contributed by atoms with Crippen LogP contribution in [0.25, 0.3) is 0 Å². The van der Waals surface area contributed by atoms with E-state index in [-0.39, 0.29) is 5.54 Å². The Morgan fingerprint density at radius 1 is 1.35 bits per heavy atom. The molecule has 2 aliphatic heterocycles. The number of benzene rings is 1. The first-order valence-electron chi connectivity index (χ1n) is 7.69. The van der Waals surface area contributed by atoms with E-state index in [2.05, 4.69) is 31.3 Å². The Labute approximate surface area is 121 Å². The SMILES string of the molecule is COc1ccc(CC23CCC(CC(N)C2)N3)c(C)c1C. The highest BCUT2D eigenvalue weighted by Crippen LogP contribution is 2.38. The van der Waals surface area contributed by atoms with Crippen molar-refractivity contribution in [2.45, 2.75) is 63.6 Å². The molecular formula is C17H26N2O. The molecule has 3 nitrogen and oxygen atoms in total. The van der Waals surface area contributed by atoms with E-state index in [4.69, 9.17) is 10.5 Å². The van der Waals surface area contributed by atoms with Gasteiger partial charge in [0.05, 0.1) is 7.11 Å². The molecule has 0 saturated carbocycles. The van der Waals surface area contributed by atoms with Gasteiger partial charge in [-0.25, -0.2) is 0 Å². The molecule has 2 bridgehead atoms. The van der Waals surface area contributed by atoms with Crippen molar-refractivity contribution < 1.29 is 4.74 Å². The second-order valence-corrected chi connectivity index (χ2v) is 6.71. The lowest BCUT2D eigenvalue weighted by Crippen LogP contribution is -2.54. The number of rotatable bonds is 3. The summed E-state index contributed by atoms with van der Waals surface area (Å²) in [7, 11) is 1.74. The first-order valence-corrected chi connectivity index (χ1v) is 7.69. The van der Waals surface area contributed by atoms with E-state index in [9.17, 15) is 0 Å². The van der Waals surface area contributed by atoms with E-state index in [1.807, 2.05) is 0 Å². The lowest BCUT2D eigenvalue weighted by Gasteiger charge is -2.38. The van der Waals surface area contributed by atoms with E-state index < -0.39 is 0 Å². The summed E-state index contributed by atoms with van der Waals surface area (Å²) < 4.78 is 5.41. The molecule has 0 aliphatic carbocycles. The molecule has 2 heterocycles. The predicted octanol–water partition coefficient (Wildman–Crippen LogP) is 2.47. The topological polar surface area (TPSA) is 47.3 Å². The van der Waals surface area contributed by atoms with Gasteiger partial charge < -0.3 is 15.8 Å². The van der Waals surface area contributed by atoms with Gasteiger partial charge in [0.15, 0.2) is 0 Å². The van der Waals surface area contributed by atoms with Crippen molar-refractivity contribution in [1.29, 1.82) is 0 Å². The Morgan fingerprint density at radius 3 is 2.90 bits per heavy atom. The molecule has 2 aliphatic rings. The fourth-order valence-corrected chi connectivity index (χ4v) is 4.16. The van der Waals surface area contributed by atoms with Crippen LogP contribution in [-0.2, 0) is 6.42 Å². The van der Waals surface area contributed by atoms with E-state index in [1.54, 1.807) is 7.11 Å². The quantitative estimate of drug-likeness (QED) is 0.890. The van der Waals surface area contributed by atoms with E-state index >= 15 is 0 Å². The summed E-state index contributed by atoms with van der Waals surface area (Å²) in [6, 6.07) is 5.33. The maximum atomic E-state index is 6.25. The number of methoxy groups -OCH3 is 1. The summed E-state index contributed by atoms with van der Waals surface area (Å²) >= 11 is 0. The largest absolute Gasteiger partial charge is 0.496 e. The minimum atomic E-state index is 0.230. The third kappa shape index (κ3) is 2.33. The van der Waals surface area contributed by atoms with Gasteiger partial charge in [-0.1, -0.05) is 6.07 Å². The van der Waals surface area contributed by atoms with Crippen LogP contribution in [0, 0.1) is 13.8 Å². The molecule has 3 rings (SSSR count). The Bertz CT molecular complexity index is 514. The maximum Gasteiger partial charge on any atom is 0.122 e. The van der Waals surface area contributed by atoms with Crippen LogP contribution in [0.3, 0.4) is 0 Å². The van der Waals surface area contributed by atoms with Gasteiger partial charge in [-0.15, -0.1) is 0 Å². The molecule has 0 spiro atoms. The van der Waals surface area contributed by atoms with Crippen LogP contribution in [0.5, 0.6) is 5.75 Å². The summed E-state index contributed by atoms with van der Waals surface area (Å²) in [6.45, 7) is 4.35. The zero-order valence-electron chi connectivity index (χ0n) is 12.8. The monoisotopic (exact) mass is 274 g/mol. The van der Waals surface area contributed by atoms with Gasteiger partial charge in [-0.05, 0) is 68.7 Å². The highest BCUT2D eigenvalue weighted by atomic mass is 16.5. The van der Waals surface area contributed by atoms with Gasteiger partial charge in [0.1, 0.15) is 5.75 Å². The molecule has 2 saturated heterocycles. The standard InChI is InChI=1S/C17H26N2O/c1-11-12(2)16(20-3)5-4-13(11)9-17-7-6-15(19-17)8-14(18)10-17/h4-5,14-15,19H,6-10,18H2,1-3H3. The highest BCUT2D eigenvalue weighted by molar-refractivity contribution is 5.44. The summed E-state index contributed by atoms with van der Waals surface area (Å²) in [6.07, 6.45) is 5.88. The summed E-state index contributed by atoms with van der Waals surface area (Å²) in [4.78, 5) is 0. The van der Waals surface area contributed by atoms with Gasteiger partial charge in [0.25, 0.3) is 0 Å². The third-order valence-electron chi connectivity index (χ3n) is 5.32. The number of hydrogen-bond donors (Lipinski definition) is 2. The average molecular weight is 274 g/mol. The van der Waals surface area contributed by atoms with E-state index in [0.29, 0.717) is 12.1 Å². The normalized spacial score (nSPS) is 32.4. The summed E-state index contributed by atoms with van der Waals surface area (Å²) in [5.74, 6) is 0.987. The van der Waals surface area contributed by atoms with Crippen molar-refractivity contribution in [1.82, 2.24) is 5.32 Å². The number of hydrogen-bond acceptors (Lipinski definition) is 3. The Kier molecular flexibility index (Phi) is 3.51. The molecule has 1 aromatic carbocycles. The van der Waals surface area contributed by atoms with Crippen molar-refractivity contribution in [2.24, 2.45) is 5.73 Å². The molecule has 3 N–H and O–H groups in total. The van der Waals surface area contributed by atoms with Crippen LogP contribution in [0.1, 0.15) is 42.4 Å². The van der Waals surface area contributed by atoms with Crippen LogP contribution in [0.4, 0.5) is 0 Å². The molecule has 110 valence electrons. The fourth-order valence-electron chi connectivity index (χ4n) is 4.16. The molecule has 3 unspecified atom stereocenters. The van der Waals surface area contributed by atoms with Crippen molar-refractivity contribution in [3.63, 3.8) is 0 Å². The second-order valence-electron chi connectivity index (χ2n) is 6.71. The minimum Gasteiger partial charge on any atom is -0.496 e. The van der Waals surface area contributed by atoms with Gasteiger partial charge >= 0.3 is 0 Å². The first-order chi connectivity index (χ1) is 9.53. The summed E-state index contributed by atoms with van der Waals surface area (Å²) in [5.41, 5.74) is 10.5. The molecule has 3 atom stereocenters. The number of piperidine rings is 1. The van der Waals surface area contributed by atoms with Crippen molar-refractivity contribution in [2.75, 3.05) is 7.11 Å². The third-order valence-corrected chi connectivity index (χ3v) is 5.32. The van der Waals surface area contributed by atoms with Gasteiger partial charge in [-0.3, -0.25) is 0 Å². The molecule has 3 heteroatoms. The minimum absolute atomic E-state index is 0.230. The average Bonchev–Trinajstić information content (AvgIpc) is 2.71. The molecule has 0 aromatic heterocycles. The Morgan fingerprint density at radius 2 is 2.15 bits per heavy atom. The second kappa shape index (κ2) is 5.05. The van der Waals surface area contributed by atoms with Crippen LogP contribution in [-0.4, -0.2) is 24.7 Å². The predicted molar refractivity (Wildman–Crippen MR) is 82.3 cm³/mol. The lowest BCUT2D eigenvalue weighted by atomic mass is 9.81. The van der Waals surface area contributed by atoms with Crippen LogP contribution in [0.15, 0.2) is 12.1 Å². The number of nitrogens with two attached hydrogens (primary N) is 1. The molecule has 1 aromatic rings. The van der Waals surface area contributed by atoms with Crippen molar-refractivity contribution >= 4 is 0 Å². The summed E-state index contributed by atoms with van der Waals surface area (Å²) in [5, 5.41) is 3.85. The van der Waals surface area contributed by atoms with E-state index in [0.717, 1.165) is 25.0 Å². The van der Waals surface area contributed by atoms with Crippen LogP contribution >= 0.6 is 0 Å². The molecule has 2 fully saturated rings. The number of fused-ring (bicyclic) bond motifs is 2. The zero-order valence-corrected chi connectivity index (χ0v) is 12.8. The smallest absolute Gasteiger partial charge is 0.122 e. The van der Waals surface area contributed by atoms with E-state index in [1.165, 1.54) is 29.5 Å². The molecule has 20 heavy (non-hydrogen) atoms. The molecular weight excluding hydrogens is 248 g/mol. The zero-order chi connectivity index (χ0) is 14.3. The van der Waals surface area contributed by atoms with Gasteiger partial charge in [0.2, 0.25) is 0 Å². The van der Waals surface area contributed by atoms with Crippen LogP contribution in [0.2, 0.25) is 0 Å². The Balaban J connectivity index is 1.86. The molecule has 0 radical (unpaired) electrons. The highest BCUT2D eigenvalue weighted by Gasteiger charge is 2.44. The van der Waals surface area contributed by atoms with Gasteiger partial charge in [-0.2, -0.15) is 0 Å². The molecule has 0 amide bonds. The van der Waals surface area contributed by atoms with Gasteiger partial charge in [0, 0.05) is 17.6 Å². The first kappa shape index (κ1) is 13.9. The Hall–Kier alpha value is -1.06. The maximum absolute atomic E-state index is 6.25. The fraction of sp³-hybridized carbons (Fsp3) is 0.647. The number of nitrogens with one attached hydrogen (secondary N) is 1. The van der Waals surface area contributed by atoms with Crippen LogP contribution < -0.4 is 15.8 Å². The lowest BCUT2D eigenvalue weighted by molar-refractivity contribution is 0.249. The van der Waals surface area contributed by atoms with Crippen molar-refractivity contribution in [3.8, 4) is 5.75 Å².